The van der Waals surface area contributed by atoms with E-state index in [1.165, 1.54) is 0 Å². The summed E-state index contributed by atoms with van der Waals surface area (Å²) in [6.45, 7) is -1.09. The molecule has 1 saturated heterocycles. The summed E-state index contributed by atoms with van der Waals surface area (Å²) in [4.78, 5) is 29.2. The molecule has 2 aromatic heterocycles. The van der Waals surface area contributed by atoms with Crippen molar-refractivity contribution < 1.29 is 54.2 Å². The molecule has 222 valence electrons. The standard InChI is InChI=1S/C23H19F9N6O3/c1-21(41,23(30,31)32)5-16(39)37-6-13(25)14(7-37)36-20(40)10-2-9(3-12(24)17(10)26)15-4-11(22(27,28)29)18-19(33)34-8-35-38(15)18/h2-4,8,13-14,41H,5-7H2,1H3,(H,36,40)(H2,33,34,35)/t13-,14+,21?/m0/s1. The van der Waals surface area contributed by atoms with Gasteiger partial charge in [-0.25, -0.2) is 22.7 Å². The maximum Gasteiger partial charge on any atom is 0.418 e. The molecule has 4 N–H and O–H groups in total. The summed E-state index contributed by atoms with van der Waals surface area (Å²) < 4.78 is 124. The number of aliphatic hydroxyl groups is 1. The number of aromatic nitrogens is 3. The highest BCUT2D eigenvalue weighted by atomic mass is 19.4. The van der Waals surface area contributed by atoms with E-state index in [9.17, 15) is 54.2 Å². The van der Waals surface area contributed by atoms with Crippen molar-refractivity contribution in [2.24, 2.45) is 0 Å². The van der Waals surface area contributed by atoms with E-state index < -0.39 is 107 Å². The van der Waals surface area contributed by atoms with Crippen LogP contribution in [-0.2, 0) is 11.0 Å². The lowest BCUT2D eigenvalue weighted by Gasteiger charge is -2.27. The number of carbonyl (C=O) groups is 2. The molecule has 9 nitrogen and oxygen atoms in total. The summed E-state index contributed by atoms with van der Waals surface area (Å²) >= 11 is 0. The summed E-state index contributed by atoms with van der Waals surface area (Å²) in [7, 11) is 0. The Labute approximate surface area is 223 Å². The van der Waals surface area contributed by atoms with Crippen molar-refractivity contribution in [2.75, 3.05) is 18.8 Å². The molecule has 0 radical (unpaired) electrons. The van der Waals surface area contributed by atoms with Crippen LogP contribution >= 0.6 is 0 Å². The third-order valence-corrected chi connectivity index (χ3v) is 6.48. The van der Waals surface area contributed by atoms with Gasteiger partial charge >= 0.3 is 12.4 Å². The summed E-state index contributed by atoms with van der Waals surface area (Å²) in [6, 6.07) is 0.127. The fourth-order valence-electron chi connectivity index (χ4n) is 4.25. The number of halogens is 9. The van der Waals surface area contributed by atoms with Gasteiger partial charge < -0.3 is 21.1 Å². The third kappa shape index (κ3) is 5.59. The van der Waals surface area contributed by atoms with Crippen LogP contribution in [-0.4, -0.2) is 73.5 Å². The van der Waals surface area contributed by atoms with E-state index in [1.54, 1.807) is 0 Å². The van der Waals surface area contributed by atoms with E-state index in [1.807, 2.05) is 5.32 Å². The second kappa shape index (κ2) is 10.1. The van der Waals surface area contributed by atoms with Crippen molar-refractivity contribution >= 4 is 23.1 Å². The number of anilines is 1. The van der Waals surface area contributed by atoms with Gasteiger partial charge in [0, 0.05) is 12.1 Å². The van der Waals surface area contributed by atoms with Crippen LogP contribution in [0.15, 0.2) is 24.5 Å². The minimum absolute atomic E-state index is 0.351. The average molecular weight is 598 g/mol. The predicted octanol–water partition coefficient (Wildman–Crippen LogP) is 3.26. The second-order valence-electron chi connectivity index (χ2n) is 9.51. The molecule has 1 aliphatic rings. The van der Waals surface area contributed by atoms with Crippen LogP contribution in [0.3, 0.4) is 0 Å². The number of carbonyl (C=O) groups excluding carboxylic acids is 2. The minimum atomic E-state index is -5.17. The Hall–Kier alpha value is -4.09. The van der Waals surface area contributed by atoms with E-state index in [-0.39, 0.29) is 0 Å². The van der Waals surface area contributed by atoms with Gasteiger partial charge in [-0.2, -0.15) is 31.4 Å². The van der Waals surface area contributed by atoms with Gasteiger partial charge in [-0.05, 0) is 25.1 Å². The molecule has 0 spiro atoms. The first-order valence-electron chi connectivity index (χ1n) is 11.5. The highest BCUT2D eigenvalue weighted by Gasteiger charge is 2.52. The molecule has 1 unspecified atom stereocenters. The van der Waals surface area contributed by atoms with Gasteiger partial charge in [-0.15, -0.1) is 0 Å². The normalized spacial score (nSPS) is 19.4. The van der Waals surface area contributed by atoms with E-state index in [2.05, 4.69) is 10.1 Å². The fraction of sp³-hybridized carbons (Fsp3) is 0.391. The zero-order chi connectivity index (χ0) is 30.7. The molecule has 1 aromatic carbocycles. The van der Waals surface area contributed by atoms with Gasteiger partial charge in [0.2, 0.25) is 5.91 Å². The molecule has 0 bridgehead atoms. The molecule has 4 rings (SSSR count). The highest BCUT2D eigenvalue weighted by molar-refractivity contribution is 5.96. The number of nitrogens with zero attached hydrogens (tertiary/aromatic N) is 4. The zero-order valence-electron chi connectivity index (χ0n) is 20.6. The van der Waals surface area contributed by atoms with Crippen molar-refractivity contribution in [3.8, 4) is 11.3 Å². The van der Waals surface area contributed by atoms with Crippen molar-refractivity contribution in [1.82, 2.24) is 24.8 Å². The van der Waals surface area contributed by atoms with Gasteiger partial charge in [-0.1, -0.05) is 0 Å². The van der Waals surface area contributed by atoms with Crippen molar-refractivity contribution in [3.63, 3.8) is 0 Å². The van der Waals surface area contributed by atoms with Crippen molar-refractivity contribution in [1.29, 1.82) is 0 Å². The number of fused-ring (bicyclic) bond motifs is 1. The van der Waals surface area contributed by atoms with Gasteiger partial charge in [0.25, 0.3) is 5.91 Å². The van der Waals surface area contributed by atoms with E-state index in [0.717, 1.165) is 6.33 Å². The Kier molecular flexibility index (Phi) is 7.34. The van der Waals surface area contributed by atoms with Crippen molar-refractivity contribution in [2.45, 2.75) is 43.5 Å². The molecule has 41 heavy (non-hydrogen) atoms. The first kappa shape index (κ1) is 29.9. The molecule has 2 amide bonds. The zero-order valence-corrected chi connectivity index (χ0v) is 20.6. The minimum Gasteiger partial charge on any atom is -0.382 e. The van der Waals surface area contributed by atoms with Gasteiger partial charge in [-0.3, -0.25) is 9.59 Å². The molecule has 0 saturated carbocycles. The van der Waals surface area contributed by atoms with Crippen LogP contribution < -0.4 is 11.1 Å². The third-order valence-electron chi connectivity index (χ3n) is 6.48. The Morgan fingerprint density at radius 3 is 2.39 bits per heavy atom. The topological polar surface area (TPSA) is 126 Å². The molecule has 1 aliphatic heterocycles. The van der Waals surface area contributed by atoms with Crippen LogP contribution in [0.4, 0.5) is 45.3 Å². The second-order valence-corrected chi connectivity index (χ2v) is 9.51. The van der Waals surface area contributed by atoms with E-state index in [4.69, 9.17) is 5.73 Å². The number of hydrogen-bond acceptors (Lipinski definition) is 6. The molecular formula is C23H19F9N6O3. The number of rotatable bonds is 5. The number of nitrogen functional groups attached to an aromatic ring is 1. The summed E-state index contributed by atoms with van der Waals surface area (Å²) in [5.74, 6) is -6.69. The number of nitrogens with one attached hydrogen (secondary N) is 1. The summed E-state index contributed by atoms with van der Waals surface area (Å²) in [6.07, 6.45) is -12.8. The first-order chi connectivity index (χ1) is 18.8. The molecular weight excluding hydrogens is 579 g/mol. The van der Waals surface area contributed by atoms with Gasteiger partial charge in [0.1, 0.15) is 18.0 Å². The molecule has 3 heterocycles. The largest absolute Gasteiger partial charge is 0.418 e. The smallest absolute Gasteiger partial charge is 0.382 e. The number of amides is 2. The van der Waals surface area contributed by atoms with Gasteiger partial charge in [0.15, 0.2) is 23.1 Å². The number of benzene rings is 1. The molecule has 1 fully saturated rings. The molecule has 3 aromatic rings. The average Bonchev–Trinajstić information content (AvgIpc) is 3.41. The number of hydrogen-bond donors (Lipinski definition) is 3. The molecule has 18 heteroatoms. The SMILES string of the molecule is CC(O)(CC(=O)N1C[C@H](F)[C@H](NC(=O)c2cc(-c3cc(C(F)(F)F)c4c(N)ncnn34)cc(F)c2F)C1)C(F)(F)F. The summed E-state index contributed by atoms with van der Waals surface area (Å²) in [5.41, 5.74) is -1.80. The maximum absolute atomic E-state index is 14.6. The maximum atomic E-state index is 14.6. The van der Waals surface area contributed by atoms with Gasteiger partial charge in [0.05, 0.1) is 35.8 Å². The monoisotopic (exact) mass is 598 g/mol. The fourth-order valence-corrected chi connectivity index (χ4v) is 4.25. The van der Waals surface area contributed by atoms with Crippen LogP contribution in [0.5, 0.6) is 0 Å². The number of likely N-dealkylation sites (tertiary alicyclic amines) is 1. The Balaban J connectivity index is 1.61. The van der Waals surface area contributed by atoms with E-state index in [0.29, 0.717) is 34.5 Å². The van der Waals surface area contributed by atoms with Crippen LogP contribution in [0.2, 0.25) is 0 Å². The first-order valence-corrected chi connectivity index (χ1v) is 11.5. The molecule has 3 atom stereocenters. The lowest BCUT2D eigenvalue weighted by molar-refractivity contribution is -0.254. The predicted molar refractivity (Wildman–Crippen MR) is 122 cm³/mol. The van der Waals surface area contributed by atoms with E-state index >= 15 is 0 Å². The summed E-state index contributed by atoms with van der Waals surface area (Å²) in [5, 5.41) is 15.2. The van der Waals surface area contributed by atoms with Crippen LogP contribution in [0.25, 0.3) is 16.8 Å². The number of alkyl halides is 7. The highest BCUT2D eigenvalue weighted by Crippen LogP contribution is 2.39. The number of nitrogens with two attached hydrogens (primary N) is 1. The quantitative estimate of drug-likeness (QED) is 0.388. The van der Waals surface area contributed by atoms with Crippen molar-refractivity contribution in [3.05, 3.63) is 47.3 Å². The lowest BCUT2D eigenvalue weighted by Crippen LogP contribution is -2.47. The van der Waals surface area contributed by atoms with Crippen LogP contribution in [0, 0.1) is 11.6 Å². The Morgan fingerprint density at radius 1 is 1.12 bits per heavy atom. The molecule has 0 aliphatic carbocycles. The Bertz CT molecular complexity index is 1520. The Morgan fingerprint density at radius 2 is 1.78 bits per heavy atom. The lowest BCUT2D eigenvalue weighted by atomic mass is 10.0. The van der Waals surface area contributed by atoms with Crippen LogP contribution in [0.1, 0.15) is 29.3 Å².